The average molecular weight is 458 g/mol. The Kier molecular flexibility index (Phi) is 6.35. The maximum absolute atomic E-state index is 13.8. The van der Waals surface area contributed by atoms with Crippen molar-refractivity contribution in [3.05, 3.63) is 83.9 Å². The van der Waals surface area contributed by atoms with Crippen LogP contribution in [0.4, 0.5) is 4.79 Å². The molecular formula is C28H31N3O3. The third-order valence-corrected chi connectivity index (χ3v) is 7.23. The number of hydrogen-bond donors (Lipinski definition) is 0. The number of benzene rings is 3. The van der Waals surface area contributed by atoms with Crippen molar-refractivity contribution in [2.24, 2.45) is 0 Å². The topological polar surface area (TPSA) is 53.1 Å². The summed E-state index contributed by atoms with van der Waals surface area (Å²) in [5, 5.41) is 2.26. The lowest BCUT2D eigenvalue weighted by atomic mass is 9.85. The molecule has 0 unspecified atom stereocenters. The largest absolute Gasteiger partial charge is 0.383 e. The lowest BCUT2D eigenvalue weighted by Crippen LogP contribution is -2.57. The van der Waals surface area contributed by atoms with Gasteiger partial charge in [0, 0.05) is 33.3 Å². The highest BCUT2D eigenvalue weighted by atomic mass is 16.5. The number of ether oxygens (including phenoxy) is 1. The number of carbonyl (C=O) groups is 2. The molecule has 3 aromatic rings. The smallest absolute Gasteiger partial charge is 0.328 e. The fourth-order valence-electron chi connectivity index (χ4n) is 5.34. The summed E-state index contributed by atoms with van der Waals surface area (Å²) in [5.41, 5.74) is 1.45. The predicted octanol–water partition coefficient (Wildman–Crippen LogP) is 4.29. The van der Waals surface area contributed by atoms with Gasteiger partial charge in [0.15, 0.2) is 0 Å². The number of amides is 3. The van der Waals surface area contributed by atoms with Crippen LogP contribution in [0.5, 0.6) is 0 Å². The number of urea groups is 1. The van der Waals surface area contributed by atoms with Gasteiger partial charge < -0.3 is 9.64 Å². The number of methoxy groups -OCH3 is 1. The van der Waals surface area contributed by atoms with Gasteiger partial charge in [-0.3, -0.25) is 14.6 Å². The SMILES string of the molecule is COCCN1C(=O)N(Cc2ccc3ccccc3c2)C(=O)C12CCN(Cc1ccccc1)CC2. The molecule has 2 aliphatic heterocycles. The van der Waals surface area contributed by atoms with Gasteiger partial charge >= 0.3 is 6.03 Å². The highest BCUT2D eigenvalue weighted by Gasteiger charge is 2.57. The Balaban J connectivity index is 1.35. The van der Waals surface area contributed by atoms with Crippen molar-refractivity contribution in [3.8, 4) is 0 Å². The third kappa shape index (κ3) is 4.19. The van der Waals surface area contributed by atoms with Crippen LogP contribution in [0.2, 0.25) is 0 Å². The summed E-state index contributed by atoms with van der Waals surface area (Å²) in [6.45, 7) is 3.55. The van der Waals surface area contributed by atoms with E-state index in [2.05, 4.69) is 53.4 Å². The van der Waals surface area contributed by atoms with Crippen molar-refractivity contribution >= 4 is 22.7 Å². The van der Waals surface area contributed by atoms with Crippen LogP contribution < -0.4 is 0 Å². The zero-order valence-electron chi connectivity index (χ0n) is 19.7. The summed E-state index contributed by atoms with van der Waals surface area (Å²) in [5.74, 6) is -0.0684. The lowest BCUT2D eigenvalue weighted by Gasteiger charge is -2.42. The summed E-state index contributed by atoms with van der Waals surface area (Å²) < 4.78 is 5.29. The van der Waals surface area contributed by atoms with E-state index in [9.17, 15) is 9.59 Å². The minimum Gasteiger partial charge on any atom is -0.383 e. The third-order valence-electron chi connectivity index (χ3n) is 7.23. The summed E-state index contributed by atoms with van der Waals surface area (Å²) >= 11 is 0. The van der Waals surface area contributed by atoms with E-state index in [0.717, 1.165) is 36.0 Å². The first-order chi connectivity index (χ1) is 16.6. The number of piperidine rings is 1. The van der Waals surface area contributed by atoms with E-state index in [1.54, 1.807) is 12.0 Å². The number of rotatable bonds is 7. The first-order valence-corrected chi connectivity index (χ1v) is 12.0. The number of carbonyl (C=O) groups excluding carboxylic acids is 2. The van der Waals surface area contributed by atoms with E-state index in [0.29, 0.717) is 32.5 Å². The molecule has 0 bridgehead atoms. The highest BCUT2D eigenvalue weighted by molar-refractivity contribution is 6.07. The van der Waals surface area contributed by atoms with Crippen LogP contribution in [-0.2, 0) is 22.6 Å². The van der Waals surface area contributed by atoms with Gasteiger partial charge in [-0.2, -0.15) is 0 Å². The van der Waals surface area contributed by atoms with Gasteiger partial charge in [0.25, 0.3) is 5.91 Å². The molecule has 0 radical (unpaired) electrons. The molecular weight excluding hydrogens is 426 g/mol. The average Bonchev–Trinajstić information content (AvgIpc) is 3.05. The monoisotopic (exact) mass is 457 g/mol. The molecule has 1 spiro atoms. The van der Waals surface area contributed by atoms with Crippen LogP contribution in [0.1, 0.15) is 24.0 Å². The summed E-state index contributed by atoms with van der Waals surface area (Å²) in [7, 11) is 1.63. The summed E-state index contributed by atoms with van der Waals surface area (Å²) in [6, 6.07) is 24.5. The van der Waals surface area contributed by atoms with Crippen LogP contribution >= 0.6 is 0 Å². The van der Waals surface area contributed by atoms with Crippen molar-refractivity contribution in [2.45, 2.75) is 31.5 Å². The van der Waals surface area contributed by atoms with E-state index >= 15 is 0 Å². The molecule has 2 heterocycles. The molecule has 3 aromatic carbocycles. The lowest BCUT2D eigenvalue weighted by molar-refractivity contribution is -0.136. The zero-order chi connectivity index (χ0) is 23.5. The molecule has 176 valence electrons. The Morgan fingerprint density at radius 2 is 1.53 bits per heavy atom. The van der Waals surface area contributed by atoms with Gasteiger partial charge in [-0.15, -0.1) is 0 Å². The molecule has 6 nitrogen and oxygen atoms in total. The number of hydrogen-bond acceptors (Lipinski definition) is 4. The van der Waals surface area contributed by atoms with Crippen molar-refractivity contribution in [1.82, 2.24) is 14.7 Å². The standard InChI is InChI=1S/C28H31N3O3/c1-34-18-17-31-27(33)30(21-23-11-12-24-9-5-6-10-25(24)19-23)26(32)28(31)13-15-29(16-14-28)20-22-7-3-2-4-8-22/h2-12,19H,13-18,20-21H2,1H3. The van der Waals surface area contributed by atoms with Crippen molar-refractivity contribution < 1.29 is 14.3 Å². The molecule has 34 heavy (non-hydrogen) atoms. The second-order valence-corrected chi connectivity index (χ2v) is 9.29. The Bertz CT molecular complexity index is 1170. The quantitative estimate of drug-likeness (QED) is 0.497. The van der Waals surface area contributed by atoms with E-state index in [-0.39, 0.29) is 11.9 Å². The van der Waals surface area contributed by atoms with Crippen molar-refractivity contribution in [3.63, 3.8) is 0 Å². The van der Waals surface area contributed by atoms with Gasteiger partial charge in [-0.25, -0.2) is 4.79 Å². The Morgan fingerprint density at radius 1 is 0.824 bits per heavy atom. The van der Waals surface area contributed by atoms with Gasteiger partial charge in [0.05, 0.1) is 13.2 Å². The number of likely N-dealkylation sites (tertiary alicyclic amines) is 1. The van der Waals surface area contributed by atoms with Crippen molar-refractivity contribution in [2.75, 3.05) is 33.4 Å². The first kappa shape index (κ1) is 22.6. The second kappa shape index (κ2) is 9.57. The van der Waals surface area contributed by atoms with E-state index < -0.39 is 5.54 Å². The zero-order valence-corrected chi connectivity index (χ0v) is 19.7. The highest BCUT2D eigenvalue weighted by Crippen LogP contribution is 2.38. The molecule has 0 aromatic heterocycles. The van der Waals surface area contributed by atoms with E-state index in [1.807, 2.05) is 24.3 Å². The number of imide groups is 1. The fourth-order valence-corrected chi connectivity index (χ4v) is 5.34. The maximum Gasteiger partial charge on any atom is 0.328 e. The molecule has 0 atom stereocenters. The minimum absolute atomic E-state index is 0.0684. The molecule has 0 N–H and O–H groups in total. The Morgan fingerprint density at radius 3 is 2.26 bits per heavy atom. The predicted molar refractivity (Wildman–Crippen MR) is 132 cm³/mol. The van der Waals surface area contributed by atoms with Crippen LogP contribution in [-0.4, -0.2) is 65.5 Å². The van der Waals surface area contributed by atoms with E-state index in [4.69, 9.17) is 4.74 Å². The molecule has 2 saturated heterocycles. The van der Waals surface area contributed by atoms with E-state index in [1.165, 1.54) is 10.5 Å². The summed E-state index contributed by atoms with van der Waals surface area (Å²) in [4.78, 5) is 32.9. The Hall–Kier alpha value is -3.22. The Labute approximate surface area is 200 Å². The second-order valence-electron chi connectivity index (χ2n) is 9.29. The fraction of sp³-hybridized carbons (Fsp3) is 0.357. The van der Waals surface area contributed by atoms with Crippen LogP contribution in [0.25, 0.3) is 10.8 Å². The molecule has 3 amide bonds. The maximum atomic E-state index is 13.8. The van der Waals surface area contributed by atoms with Gasteiger partial charge in [0.2, 0.25) is 0 Å². The van der Waals surface area contributed by atoms with Crippen LogP contribution in [0.3, 0.4) is 0 Å². The molecule has 0 aliphatic carbocycles. The molecule has 2 fully saturated rings. The molecule has 5 rings (SSSR count). The molecule has 6 heteroatoms. The first-order valence-electron chi connectivity index (χ1n) is 12.0. The van der Waals surface area contributed by atoms with Crippen LogP contribution in [0.15, 0.2) is 72.8 Å². The van der Waals surface area contributed by atoms with Gasteiger partial charge in [0.1, 0.15) is 5.54 Å². The number of nitrogens with zero attached hydrogens (tertiary/aromatic N) is 3. The normalized spacial score (nSPS) is 18.4. The molecule has 0 saturated carbocycles. The van der Waals surface area contributed by atoms with Crippen LogP contribution in [0, 0.1) is 0 Å². The minimum atomic E-state index is -0.778. The van der Waals surface area contributed by atoms with Gasteiger partial charge in [-0.05, 0) is 40.8 Å². The van der Waals surface area contributed by atoms with Gasteiger partial charge in [-0.1, -0.05) is 66.7 Å². The molecule has 2 aliphatic rings. The van der Waals surface area contributed by atoms with Crippen molar-refractivity contribution in [1.29, 1.82) is 0 Å². The summed E-state index contributed by atoms with van der Waals surface area (Å²) in [6.07, 6.45) is 1.28. The number of fused-ring (bicyclic) bond motifs is 1.